The highest BCUT2D eigenvalue weighted by Crippen LogP contribution is 2.30. The molecule has 0 saturated carbocycles. The molecule has 1 aliphatic rings. The summed E-state index contributed by atoms with van der Waals surface area (Å²) >= 11 is 6.02. The van der Waals surface area contributed by atoms with Gasteiger partial charge in [0.15, 0.2) is 0 Å². The summed E-state index contributed by atoms with van der Waals surface area (Å²) in [5.74, 6) is -1.06. The van der Waals surface area contributed by atoms with Gasteiger partial charge in [0.1, 0.15) is 0 Å². The summed E-state index contributed by atoms with van der Waals surface area (Å²) in [6.07, 6.45) is 1.13. The lowest BCUT2D eigenvalue weighted by atomic mass is 9.81. The predicted octanol–water partition coefficient (Wildman–Crippen LogP) is 3.48. The fourth-order valence-electron chi connectivity index (χ4n) is 3.36. The molecule has 0 radical (unpaired) electrons. The second kappa shape index (κ2) is 6.91. The van der Waals surface area contributed by atoms with Gasteiger partial charge in [-0.2, -0.15) is 0 Å². The molecule has 0 aliphatic carbocycles. The van der Waals surface area contributed by atoms with Crippen molar-refractivity contribution >= 4 is 23.5 Å². The number of hydrogen-bond donors (Lipinski definition) is 1. The Morgan fingerprint density at radius 1 is 1.39 bits per heavy atom. The number of piperidine rings is 1. The Hall–Kier alpha value is -1.55. The van der Waals surface area contributed by atoms with Gasteiger partial charge in [-0.15, -0.1) is 0 Å². The highest BCUT2D eigenvalue weighted by atomic mass is 35.5. The fourth-order valence-corrected chi connectivity index (χ4v) is 3.57. The largest absolute Gasteiger partial charge is 0.481 e. The minimum atomic E-state index is -0.761. The number of carboxylic acids is 1. The number of hydrogen-bond acceptors (Lipinski definition) is 2. The van der Waals surface area contributed by atoms with E-state index >= 15 is 0 Å². The number of rotatable bonds is 4. The van der Waals surface area contributed by atoms with Gasteiger partial charge in [-0.25, -0.2) is 0 Å². The Labute approximate surface area is 142 Å². The van der Waals surface area contributed by atoms with E-state index in [2.05, 4.69) is 0 Å². The summed E-state index contributed by atoms with van der Waals surface area (Å²) in [5.41, 5.74) is 0.491. The normalized spacial score (nSPS) is 22.0. The van der Waals surface area contributed by atoms with Crippen LogP contribution in [0.1, 0.15) is 32.8 Å². The topological polar surface area (TPSA) is 57.6 Å². The van der Waals surface area contributed by atoms with Crippen LogP contribution in [0.3, 0.4) is 0 Å². The molecule has 0 aromatic heterocycles. The Kier molecular flexibility index (Phi) is 5.35. The number of likely N-dealkylation sites (tertiary alicyclic amines) is 1. The molecule has 1 N–H and O–H groups in total. The standard InChI is InChI=1S/C18H24ClNO3/c1-12-11-20(8-7-15(12)16(21)22)17(23)18(2,3)10-13-5-4-6-14(19)9-13/h4-6,9,12,15H,7-8,10-11H2,1-3H3,(H,21,22). The number of carbonyl (C=O) groups is 2. The lowest BCUT2D eigenvalue weighted by Gasteiger charge is -2.39. The van der Waals surface area contributed by atoms with E-state index in [0.717, 1.165) is 5.56 Å². The molecule has 0 bridgehead atoms. The average Bonchev–Trinajstić information content (AvgIpc) is 2.45. The van der Waals surface area contributed by atoms with Crippen LogP contribution in [0.25, 0.3) is 0 Å². The number of amides is 1. The van der Waals surface area contributed by atoms with E-state index in [9.17, 15) is 14.7 Å². The first-order valence-corrected chi connectivity index (χ1v) is 8.35. The molecule has 1 heterocycles. The molecule has 1 aromatic carbocycles. The molecule has 0 spiro atoms. The first-order chi connectivity index (χ1) is 10.7. The van der Waals surface area contributed by atoms with Crippen LogP contribution in [0.4, 0.5) is 0 Å². The molecule has 1 amide bonds. The van der Waals surface area contributed by atoms with Gasteiger partial charge in [0, 0.05) is 23.5 Å². The maximum atomic E-state index is 12.9. The van der Waals surface area contributed by atoms with Crippen LogP contribution in [0.2, 0.25) is 5.02 Å². The number of carbonyl (C=O) groups excluding carboxylic acids is 1. The molecule has 1 saturated heterocycles. The first-order valence-electron chi connectivity index (χ1n) is 7.97. The molecular formula is C18H24ClNO3. The molecule has 2 rings (SSSR count). The Balaban J connectivity index is 2.05. The van der Waals surface area contributed by atoms with E-state index in [4.69, 9.17) is 11.6 Å². The van der Waals surface area contributed by atoms with E-state index in [0.29, 0.717) is 31.0 Å². The van der Waals surface area contributed by atoms with Crippen molar-refractivity contribution in [2.24, 2.45) is 17.3 Å². The van der Waals surface area contributed by atoms with Crippen LogP contribution in [0, 0.1) is 17.3 Å². The zero-order valence-electron chi connectivity index (χ0n) is 13.9. The van der Waals surface area contributed by atoms with Crippen molar-refractivity contribution in [2.45, 2.75) is 33.6 Å². The summed E-state index contributed by atoms with van der Waals surface area (Å²) in [6, 6.07) is 7.56. The molecule has 1 aliphatic heterocycles. The summed E-state index contributed by atoms with van der Waals surface area (Å²) in [4.78, 5) is 25.9. The lowest BCUT2D eigenvalue weighted by Crippen LogP contribution is -2.49. The molecule has 1 fully saturated rings. The third-order valence-electron chi connectivity index (χ3n) is 4.62. The second-order valence-electron chi connectivity index (χ2n) is 7.15. The van der Waals surface area contributed by atoms with Gasteiger partial charge in [-0.05, 0) is 36.5 Å². The maximum absolute atomic E-state index is 12.9. The number of carboxylic acid groups (broad SMARTS) is 1. The first kappa shape index (κ1) is 17.8. The van der Waals surface area contributed by atoms with Crippen molar-refractivity contribution < 1.29 is 14.7 Å². The maximum Gasteiger partial charge on any atom is 0.306 e. The Morgan fingerprint density at radius 2 is 2.09 bits per heavy atom. The van der Waals surface area contributed by atoms with Crippen molar-refractivity contribution in [3.63, 3.8) is 0 Å². The number of benzene rings is 1. The fraction of sp³-hybridized carbons (Fsp3) is 0.556. The van der Waals surface area contributed by atoms with Crippen LogP contribution >= 0.6 is 11.6 Å². The highest BCUT2D eigenvalue weighted by molar-refractivity contribution is 6.30. The Bertz CT molecular complexity index is 600. The molecule has 23 heavy (non-hydrogen) atoms. The van der Waals surface area contributed by atoms with Crippen LogP contribution < -0.4 is 0 Å². The van der Waals surface area contributed by atoms with Crippen LogP contribution in [-0.2, 0) is 16.0 Å². The zero-order chi connectivity index (χ0) is 17.2. The molecule has 2 unspecified atom stereocenters. The molecule has 2 atom stereocenters. The SMILES string of the molecule is CC1CN(C(=O)C(C)(C)Cc2cccc(Cl)c2)CCC1C(=O)O. The minimum absolute atomic E-state index is 0.0211. The van der Waals surface area contributed by atoms with Gasteiger partial charge in [-0.3, -0.25) is 9.59 Å². The molecule has 126 valence electrons. The van der Waals surface area contributed by atoms with Crippen LogP contribution in [0.15, 0.2) is 24.3 Å². The van der Waals surface area contributed by atoms with Gasteiger partial charge in [-0.1, -0.05) is 44.5 Å². The third-order valence-corrected chi connectivity index (χ3v) is 4.86. The molecule has 4 nitrogen and oxygen atoms in total. The average molecular weight is 338 g/mol. The molecule has 1 aromatic rings. The number of halogens is 1. The van der Waals surface area contributed by atoms with Crippen molar-refractivity contribution in [3.05, 3.63) is 34.9 Å². The number of aliphatic carboxylic acids is 1. The Morgan fingerprint density at radius 3 is 2.65 bits per heavy atom. The van der Waals surface area contributed by atoms with E-state index in [1.807, 2.05) is 49.9 Å². The van der Waals surface area contributed by atoms with Gasteiger partial charge < -0.3 is 10.0 Å². The molecule has 5 heteroatoms. The van der Waals surface area contributed by atoms with E-state index in [1.165, 1.54) is 0 Å². The second-order valence-corrected chi connectivity index (χ2v) is 7.59. The van der Waals surface area contributed by atoms with Crippen molar-refractivity contribution in [3.8, 4) is 0 Å². The van der Waals surface area contributed by atoms with Gasteiger partial charge in [0.25, 0.3) is 0 Å². The molecular weight excluding hydrogens is 314 g/mol. The number of nitrogens with zero attached hydrogens (tertiary/aromatic N) is 1. The summed E-state index contributed by atoms with van der Waals surface area (Å²) in [6.45, 7) is 6.80. The van der Waals surface area contributed by atoms with Crippen LogP contribution in [0.5, 0.6) is 0 Å². The van der Waals surface area contributed by atoms with E-state index < -0.39 is 11.4 Å². The summed E-state index contributed by atoms with van der Waals surface area (Å²) < 4.78 is 0. The summed E-state index contributed by atoms with van der Waals surface area (Å²) in [5, 5.41) is 9.87. The van der Waals surface area contributed by atoms with Crippen LogP contribution in [-0.4, -0.2) is 35.0 Å². The third kappa shape index (κ3) is 4.25. The van der Waals surface area contributed by atoms with Gasteiger partial charge in [0.2, 0.25) is 5.91 Å². The predicted molar refractivity (Wildman–Crippen MR) is 90.4 cm³/mol. The minimum Gasteiger partial charge on any atom is -0.481 e. The van der Waals surface area contributed by atoms with E-state index in [1.54, 1.807) is 0 Å². The highest BCUT2D eigenvalue weighted by Gasteiger charge is 2.38. The quantitative estimate of drug-likeness (QED) is 0.915. The van der Waals surface area contributed by atoms with E-state index in [-0.39, 0.29) is 17.7 Å². The van der Waals surface area contributed by atoms with Gasteiger partial charge in [0.05, 0.1) is 5.92 Å². The lowest BCUT2D eigenvalue weighted by molar-refractivity contribution is -0.151. The monoisotopic (exact) mass is 337 g/mol. The van der Waals surface area contributed by atoms with Crippen molar-refractivity contribution in [1.82, 2.24) is 4.90 Å². The zero-order valence-corrected chi connectivity index (χ0v) is 14.6. The van der Waals surface area contributed by atoms with Crippen molar-refractivity contribution in [1.29, 1.82) is 0 Å². The van der Waals surface area contributed by atoms with Crippen molar-refractivity contribution in [2.75, 3.05) is 13.1 Å². The van der Waals surface area contributed by atoms with Gasteiger partial charge >= 0.3 is 5.97 Å². The smallest absolute Gasteiger partial charge is 0.306 e. The summed E-state index contributed by atoms with van der Waals surface area (Å²) in [7, 11) is 0.